The first kappa shape index (κ1) is 9.74. The van der Waals surface area contributed by atoms with Crippen LogP contribution in [0.2, 0.25) is 0 Å². The number of rotatable bonds is 3. The number of hydrogen-bond acceptors (Lipinski definition) is 2. The third kappa shape index (κ3) is 1.87. The zero-order chi connectivity index (χ0) is 9.84. The maximum atomic E-state index is 13.3. The Hall–Kier alpha value is -1.35. The molecule has 2 nitrogen and oxygen atoms in total. The number of hydrogen-bond donors (Lipinski definition) is 1. The van der Waals surface area contributed by atoms with E-state index in [9.17, 15) is 4.39 Å². The summed E-state index contributed by atoms with van der Waals surface area (Å²) in [6.45, 7) is 3.51. The lowest BCUT2D eigenvalue weighted by atomic mass is 10.1. The van der Waals surface area contributed by atoms with Gasteiger partial charge in [-0.25, -0.2) is 4.39 Å². The van der Waals surface area contributed by atoms with Crippen LogP contribution in [0.1, 0.15) is 11.6 Å². The molecule has 0 unspecified atom stereocenters. The largest absolute Gasteiger partial charge is 0.496 e. The molecule has 1 rings (SSSR count). The highest BCUT2D eigenvalue weighted by molar-refractivity contribution is 5.38. The van der Waals surface area contributed by atoms with Gasteiger partial charge >= 0.3 is 0 Å². The molecule has 0 aromatic heterocycles. The van der Waals surface area contributed by atoms with Crippen molar-refractivity contribution in [3.63, 3.8) is 0 Å². The summed E-state index contributed by atoms with van der Waals surface area (Å²) in [5, 5.41) is 0. The summed E-state index contributed by atoms with van der Waals surface area (Å²) >= 11 is 0. The van der Waals surface area contributed by atoms with Crippen molar-refractivity contribution in [3.05, 3.63) is 42.2 Å². The normalized spacial score (nSPS) is 12.2. The van der Waals surface area contributed by atoms with Crippen LogP contribution >= 0.6 is 0 Å². The Labute approximate surface area is 76.8 Å². The van der Waals surface area contributed by atoms with Crippen LogP contribution in [0, 0.1) is 5.82 Å². The molecule has 1 aromatic rings. The van der Waals surface area contributed by atoms with Gasteiger partial charge in [-0.2, -0.15) is 0 Å². The van der Waals surface area contributed by atoms with E-state index in [0.29, 0.717) is 11.3 Å². The second-order valence-corrected chi connectivity index (χ2v) is 2.62. The molecule has 0 heterocycles. The molecule has 0 fully saturated rings. The molecule has 0 spiro atoms. The average Bonchev–Trinajstić information content (AvgIpc) is 2.16. The average molecular weight is 181 g/mol. The minimum absolute atomic E-state index is 0.347. The molecule has 0 aliphatic heterocycles. The molecule has 0 aliphatic rings. The highest BCUT2D eigenvalue weighted by Gasteiger charge is 2.13. The van der Waals surface area contributed by atoms with Gasteiger partial charge in [0.05, 0.1) is 18.7 Å². The smallest absolute Gasteiger partial charge is 0.132 e. The Morgan fingerprint density at radius 3 is 2.85 bits per heavy atom. The zero-order valence-electron chi connectivity index (χ0n) is 7.46. The lowest BCUT2D eigenvalue weighted by molar-refractivity contribution is 0.402. The van der Waals surface area contributed by atoms with Gasteiger partial charge in [0.15, 0.2) is 0 Å². The minimum atomic E-state index is -0.531. The highest BCUT2D eigenvalue weighted by Crippen LogP contribution is 2.26. The molecular formula is C10H12FNO. The third-order valence-electron chi connectivity index (χ3n) is 1.82. The zero-order valence-corrected chi connectivity index (χ0v) is 7.46. The van der Waals surface area contributed by atoms with E-state index in [1.807, 2.05) is 0 Å². The Kier molecular flexibility index (Phi) is 3.03. The van der Waals surface area contributed by atoms with Crippen LogP contribution < -0.4 is 10.5 Å². The van der Waals surface area contributed by atoms with Crippen molar-refractivity contribution in [2.75, 3.05) is 7.11 Å². The van der Waals surface area contributed by atoms with Gasteiger partial charge in [-0.3, -0.25) is 0 Å². The van der Waals surface area contributed by atoms with Gasteiger partial charge in [-0.05, 0) is 12.1 Å². The summed E-state index contributed by atoms with van der Waals surface area (Å²) in [6, 6.07) is 4.06. The maximum absolute atomic E-state index is 13.3. The van der Waals surface area contributed by atoms with Crippen molar-refractivity contribution in [2.24, 2.45) is 5.73 Å². The second-order valence-electron chi connectivity index (χ2n) is 2.62. The quantitative estimate of drug-likeness (QED) is 0.724. The van der Waals surface area contributed by atoms with Gasteiger partial charge in [-0.1, -0.05) is 12.1 Å². The van der Waals surface area contributed by atoms with Crippen molar-refractivity contribution in [1.82, 2.24) is 0 Å². The van der Waals surface area contributed by atoms with Crippen molar-refractivity contribution < 1.29 is 9.13 Å². The summed E-state index contributed by atoms with van der Waals surface area (Å²) < 4.78 is 18.2. The van der Waals surface area contributed by atoms with E-state index >= 15 is 0 Å². The summed E-state index contributed by atoms with van der Waals surface area (Å²) in [5.41, 5.74) is 5.98. The fraction of sp³-hybridized carbons (Fsp3) is 0.200. The van der Waals surface area contributed by atoms with Crippen molar-refractivity contribution in [2.45, 2.75) is 6.04 Å². The van der Waals surface area contributed by atoms with E-state index in [2.05, 4.69) is 6.58 Å². The molecule has 13 heavy (non-hydrogen) atoms. The molecule has 0 radical (unpaired) electrons. The molecule has 1 atom stereocenters. The van der Waals surface area contributed by atoms with Crippen LogP contribution in [0.5, 0.6) is 5.75 Å². The molecular weight excluding hydrogens is 169 g/mol. The molecule has 0 aliphatic carbocycles. The fourth-order valence-electron chi connectivity index (χ4n) is 1.14. The molecule has 2 N–H and O–H groups in total. The fourth-order valence-corrected chi connectivity index (χ4v) is 1.14. The van der Waals surface area contributed by atoms with E-state index in [1.165, 1.54) is 19.3 Å². The number of nitrogens with two attached hydrogens (primary N) is 1. The number of ether oxygens (including phenoxy) is 1. The molecule has 1 aromatic carbocycles. The van der Waals surface area contributed by atoms with Gasteiger partial charge in [0.2, 0.25) is 0 Å². The first-order chi connectivity index (χ1) is 6.20. The third-order valence-corrected chi connectivity index (χ3v) is 1.82. The van der Waals surface area contributed by atoms with E-state index in [1.54, 1.807) is 12.1 Å². The van der Waals surface area contributed by atoms with E-state index < -0.39 is 6.04 Å². The summed E-state index contributed by atoms with van der Waals surface area (Å²) in [4.78, 5) is 0. The van der Waals surface area contributed by atoms with Gasteiger partial charge < -0.3 is 10.5 Å². The predicted octanol–water partition coefficient (Wildman–Crippen LogP) is 2.02. The first-order valence-electron chi connectivity index (χ1n) is 3.91. The maximum Gasteiger partial charge on any atom is 0.132 e. The van der Waals surface area contributed by atoms with Crippen LogP contribution in [0.4, 0.5) is 4.39 Å². The molecule has 70 valence electrons. The SMILES string of the molecule is C=C[C@@H](N)c1c(F)cccc1OC. The van der Waals surface area contributed by atoms with E-state index in [-0.39, 0.29) is 5.82 Å². The van der Waals surface area contributed by atoms with Crippen molar-refractivity contribution >= 4 is 0 Å². The van der Waals surface area contributed by atoms with Crippen molar-refractivity contribution in [1.29, 1.82) is 0 Å². The van der Waals surface area contributed by atoms with Crippen LogP contribution in [-0.4, -0.2) is 7.11 Å². The summed E-state index contributed by atoms with van der Waals surface area (Å²) in [6.07, 6.45) is 1.47. The molecule has 3 heteroatoms. The Morgan fingerprint density at radius 2 is 2.31 bits per heavy atom. The lowest BCUT2D eigenvalue weighted by Gasteiger charge is -2.12. The topological polar surface area (TPSA) is 35.2 Å². The molecule has 0 saturated heterocycles. The van der Waals surface area contributed by atoms with Gasteiger partial charge in [0.25, 0.3) is 0 Å². The molecule has 0 amide bonds. The standard InChI is InChI=1S/C10H12FNO/c1-3-8(12)10-7(11)5-4-6-9(10)13-2/h3-6,8H,1,12H2,2H3/t8-/m1/s1. The van der Waals surface area contributed by atoms with Crippen LogP contribution in [-0.2, 0) is 0 Å². The van der Waals surface area contributed by atoms with Gasteiger partial charge in [-0.15, -0.1) is 6.58 Å². The van der Waals surface area contributed by atoms with Crippen LogP contribution in [0.25, 0.3) is 0 Å². The van der Waals surface area contributed by atoms with Gasteiger partial charge in [0, 0.05) is 0 Å². The molecule has 0 bridgehead atoms. The van der Waals surface area contributed by atoms with E-state index in [4.69, 9.17) is 10.5 Å². The molecule has 0 saturated carbocycles. The van der Waals surface area contributed by atoms with Crippen molar-refractivity contribution in [3.8, 4) is 5.75 Å². The minimum Gasteiger partial charge on any atom is -0.496 e. The summed E-state index contributed by atoms with van der Waals surface area (Å²) in [7, 11) is 1.48. The van der Waals surface area contributed by atoms with Crippen LogP contribution in [0.15, 0.2) is 30.9 Å². The van der Waals surface area contributed by atoms with E-state index in [0.717, 1.165) is 0 Å². The predicted molar refractivity (Wildman–Crippen MR) is 50.1 cm³/mol. The number of halogens is 1. The first-order valence-corrected chi connectivity index (χ1v) is 3.91. The number of methoxy groups -OCH3 is 1. The van der Waals surface area contributed by atoms with Gasteiger partial charge in [0.1, 0.15) is 11.6 Å². The Bertz CT molecular complexity index is 312. The van der Waals surface area contributed by atoms with Crippen LogP contribution in [0.3, 0.4) is 0 Å². The lowest BCUT2D eigenvalue weighted by Crippen LogP contribution is -2.10. The Balaban J connectivity index is 3.22. The summed E-state index contributed by atoms with van der Waals surface area (Å²) in [5.74, 6) is 0.0825. The number of benzene rings is 1. The highest BCUT2D eigenvalue weighted by atomic mass is 19.1. The second kappa shape index (κ2) is 4.05. The monoisotopic (exact) mass is 181 g/mol. The Morgan fingerprint density at radius 1 is 1.62 bits per heavy atom.